The second-order valence-electron chi connectivity index (χ2n) is 5.36. The number of carbonyl (C=O) groups is 1. The summed E-state index contributed by atoms with van der Waals surface area (Å²) in [6, 6.07) is 6.60. The number of benzene rings is 1. The van der Waals surface area contributed by atoms with Crippen molar-refractivity contribution < 1.29 is 13.2 Å². The first-order valence-electron chi connectivity index (χ1n) is 6.65. The van der Waals surface area contributed by atoms with Crippen LogP contribution in [0, 0.1) is 6.92 Å². The van der Waals surface area contributed by atoms with Gasteiger partial charge in [-0.1, -0.05) is 12.1 Å². The lowest BCUT2D eigenvalue weighted by atomic mass is 10.2. The smallest absolute Gasteiger partial charge is 0.243 e. The van der Waals surface area contributed by atoms with Crippen LogP contribution in [0.15, 0.2) is 24.3 Å². The van der Waals surface area contributed by atoms with Crippen molar-refractivity contribution in [2.24, 2.45) is 0 Å². The van der Waals surface area contributed by atoms with Gasteiger partial charge in [-0.05, 0) is 44.4 Å². The van der Waals surface area contributed by atoms with Gasteiger partial charge < -0.3 is 5.32 Å². The van der Waals surface area contributed by atoms with Crippen LogP contribution in [0.3, 0.4) is 0 Å². The molecule has 0 spiro atoms. The fourth-order valence-electron chi connectivity index (χ4n) is 2.12. The lowest BCUT2D eigenvalue weighted by Crippen LogP contribution is -2.48. The number of aryl methyl sites for hydroxylation is 1. The SMILES string of the molecule is Cc1cccc(N([C@H](C)C(=O)NC2CC2)S(C)(=O)=O)c1. The van der Waals surface area contributed by atoms with E-state index in [0.29, 0.717) is 5.69 Å². The highest BCUT2D eigenvalue weighted by Gasteiger charge is 2.32. The van der Waals surface area contributed by atoms with Crippen molar-refractivity contribution in [1.82, 2.24) is 5.32 Å². The number of sulfonamides is 1. The molecule has 1 aromatic carbocycles. The van der Waals surface area contributed by atoms with Crippen LogP contribution in [-0.2, 0) is 14.8 Å². The second-order valence-corrected chi connectivity index (χ2v) is 7.22. The Morgan fingerprint density at radius 2 is 2.05 bits per heavy atom. The Morgan fingerprint density at radius 3 is 2.55 bits per heavy atom. The van der Waals surface area contributed by atoms with Gasteiger partial charge in [-0.15, -0.1) is 0 Å². The van der Waals surface area contributed by atoms with Gasteiger partial charge in [-0.3, -0.25) is 9.10 Å². The monoisotopic (exact) mass is 296 g/mol. The minimum absolute atomic E-state index is 0.212. The van der Waals surface area contributed by atoms with Gasteiger partial charge >= 0.3 is 0 Å². The molecule has 1 atom stereocenters. The van der Waals surface area contributed by atoms with Gasteiger partial charge in [-0.25, -0.2) is 8.42 Å². The molecular formula is C14H20N2O3S. The Morgan fingerprint density at radius 1 is 1.40 bits per heavy atom. The van der Waals surface area contributed by atoms with E-state index in [1.807, 2.05) is 13.0 Å². The minimum atomic E-state index is -3.52. The third-order valence-electron chi connectivity index (χ3n) is 3.27. The van der Waals surface area contributed by atoms with Crippen LogP contribution in [0.5, 0.6) is 0 Å². The Kier molecular flexibility index (Phi) is 4.04. The van der Waals surface area contributed by atoms with Gasteiger partial charge in [-0.2, -0.15) is 0 Å². The van der Waals surface area contributed by atoms with Crippen LogP contribution in [-0.4, -0.2) is 32.7 Å². The summed E-state index contributed by atoms with van der Waals surface area (Å²) in [4.78, 5) is 12.1. The molecule has 0 heterocycles. The number of rotatable bonds is 5. The van der Waals surface area contributed by atoms with E-state index in [1.54, 1.807) is 25.1 Å². The third kappa shape index (κ3) is 3.50. The van der Waals surface area contributed by atoms with Gasteiger partial charge in [0.1, 0.15) is 6.04 Å². The molecule has 5 nitrogen and oxygen atoms in total. The van der Waals surface area contributed by atoms with Crippen molar-refractivity contribution in [1.29, 1.82) is 0 Å². The minimum Gasteiger partial charge on any atom is -0.352 e. The van der Waals surface area contributed by atoms with E-state index in [4.69, 9.17) is 0 Å². The molecule has 2 rings (SSSR count). The largest absolute Gasteiger partial charge is 0.352 e. The number of hydrogen-bond acceptors (Lipinski definition) is 3. The highest BCUT2D eigenvalue weighted by molar-refractivity contribution is 7.92. The molecule has 1 aromatic rings. The normalized spacial score (nSPS) is 16.6. The highest BCUT2D eigenvalue weighted by Crippen LogP contribution is 2.23. The molecule has 1 fully saturated rings. The molecule has 0 bridgehead atoms. The average molecular weight is 296 g/mol. The molecule has 0 unspecified atom stereocenters. The maximum atomic E-state index is 12.1. The van der Waals surface area contributed by atoms with Crippen molar-refractivity contribution >= 4 is 21.6 Å². The van der Waals surface area contributed by atoms with E-state index in [9.17, 15) is 13.2 Å². The maximum Gasteiger partial charge on any atom is 0.243 e. The van der Waals surface area contributed by atoms with Crippen LogP contribution in [0.1, 0.15) is 25.3 Å². The van der Waals surface area contributed by atoms with E-state index >= 15 is 0 Å². The fraction of sp³-hybridized carbons (Fsp3) is 0.500. The summed E-state index contributed by atoms with van der Waals surface area (Å²) in [5.74, 6) is -0.251. The second kappa shape index (κ2) is 5.44. The summed E-state index contributed by atoms with van der Waals surface area (Å²) in [6.07, 6.45) is 3.07. The first-order valence-corrected chi connectivity index (χ1v) is 8.50. The summed E-state index contributed by atoms with van der Waals surface area (Å²) in [7, 11) is -3.52. The quantitative estimate of drug-likeness (QED) is 0.894. The highest BCUT2D eigenvalue weighted by atomic mass is 32.2. The summed E-state index contributed by atoms with van der Waals surface area (Å²) >= 11 is 0. The predicted octanol–water partition coefficient (Wildman–Crippen LogP) is 1.43. The van der Waals surface area contributed by atoms with Crippen molar-refractivity contribution in [3.8, 4) is 0 Å². The van der Waals surface area contributed by atoms with E-state index in [0.717, 1.165) is 24.7 Å². The van der Waals surface area contributed by atoms with Crippen LogP contribution < -0.4 is 9.62 Å². The number of amides is 1. The molecule has 1 aliphatic rings. The van der Waals surface area contributed by atoms with E-state index < -0.39 is 16.1 Å². The molecular weight excluding hydrogens is 276 g/mol. The zero-order chi connectivity index (χ0) is 14.9. The number of carbonyl (C=O) groups excluding carboxylic acids is 1. The van der Waals surface area contributed by atoms with E-state index in [1.165, 1.54) is 4.31 Å². The van der Waals surface area contributed by atoms with Crippen molar-refractivity contribution in [3.05, 3.63) is 29.8 Å². The van der Waals surface area contributed by atoms with Gasteiger partial charge in [0.15, 0.2) is 0 Å². The molecule has 1 aliphatic carbocycles. The van der Waals surface area contributed by atoms with E-state index in [-0.39, 0.29) is 11.9 Å². The van der Waals surface area contributed by atoms with Crippen molar-refractivity contribution in [2.45, 2.75) is 38.8 Å². The number of nitrogens with one attached hydrogen (secondary N) is 1. The molecule has 20 heavy (non-hydrogen) atoms. The summed E-state index contributed by atoms with van der Waals surface area (Å²) < 4.78 is 25.3. The van der Waals surface area contributed by atoms with E-state index in [2.05, 4.69) is 5.32 Å². The Balaban J connectivity index is 2.30. The first kappa shape index (κ1) is 14.8. The van der Waals surface area contributed by atoms with Gasteiger partial charge in [0.05, 0.1) is 11.9 Å². The lowest BCUT2D eigenvalue weighted by Gasteiger charge is -2.28. The van der Waals surface area contributed by atoms with Gasteiger partial charge in [0.2, 0.25) is 15.9 Å². The molecule has 6 heteroatoms. The lowest BCUT2D eigenvalue weighted by molar-refractivity contribution is -0.121. The molecule has 0 aliphatic heterocycles. The number of hydrogen-bond donors (Lipinski definition) is 1. The fourth-order valence-corrected chi connectivity index (χ4v) is 3.29. The Bertz CT molecular complexity index is 609. The molecule has 1 N–H and O–H groups in total. The number of anilines is 1. The molecule has 0 saturated heterocycles. The maximum absolute atomic E-state index is 12.1. The standard InChI is InChI=1S/C14H20N2O3S/c1-10-5-4-6-13(9-10)16(20(3,18)19)11(2)14(17)15-12-7-8-12/h4-6,9,11-12H,7-8H2,1-3H3,(H,15,17)/t11-/m1/s1. The number of nitrogens with zero attached hydrogens (tertiary/aromatic N) is 1. The molecule has 1 saturated carbocycles. The zero-order valence-electron chi connectivity index (χ0n) is 12.0. The summed E-state index contributed by atoms with van der Waals surface area (Å²) in [5.41, 5.74) is 1.47. The predicted molar refractivity (Wildman–Crippen MR) is 79.1 cm³/mol. The summed E-state index contributed by atoms with van der Waals surface area (Å²) in [6.45, 7) is 3.50. The molecule has 110 valence electrons. The Labute approximate surface area is 120 Å². The molecule has 0 radical (unpaired) electrons. The molecule has 1 amide bonds. The van der Waals surface area contributed by atoms with Crippen LogP contribution in [0.25, 0.3) is 0 Å². The average Bonchev–Trinajstić information content (AvgIpc) is 3.11. The van der Waals surface area contributed by atoms with Crippen LogP contribution >= 0.6 is 0 Å². The van der Waals surface area contributed by atoms with Gasteiger partial charge in [0.25, 0.3) is 0 Å². The van der Waals surface area contributed by atoms with Crippen molar-refractivity contribution in [3.63, 3.8) is 0 Å². The zero-order valence-corrected chi connectivity index (χ0v) is 12.8. The Hall–Kier alpha value is -1.56. The third-order valence-corrected chi connectivity index (χ3v) is 4.51. The topological polar surface area (TPSA) is 66.5 Å². The summed E-state index contributed by atoms with van der Waals surface area (Å²) in [5, 5.41) is 2.85. The van der Waals surface area contributed by atoms with Crippen molar-refractivity contribution in [2.75, 3.05) is 10.6 Å². The molecule has 0 aromatic heterocycles. The van der Waals surface area contributed by atoms with Gasteiger partial charge in [0, 0.05) is 6.04 Å². The van der Waals surface area contributed by atoms with Crippen LogP contribution in [0.2, 0.25) is 0 Å². The first-order chi connectivity index (χ1) is 9.29. The van der Waals surface area contributed by atoms with Crippen LogP contribution in [0.4, 0.5) is 5.69 Å².